The van der Waals surface area contributed by atoms with Gasteiger partial charge in [-0.3, -0.25) is 9.78 Å². The summed E-state index contributed by atoms with van der Waals surface area (Å²) in [7, 11) is -3.07. The summed E-state index contributed by atoms with van der Waals surface area (Å²) in [5, 5.41) is 5.36. The van der Waals surface area contributed by atoms with Crippen molar-refractivity contribution < 1.29 is 35.6 Å². The van der Waals surface area contributed by atoms with Gasteiger partial charge in [0.1, 0.15) is 21.4 Å². The fourth-order valence-corrected chi connectivity index (χ4v) is 6.71. The number of halogens is 6. The fraction of sp³-hybridized carbons (Fsp3) is 0.435. The normalized spacial score (nSPS) is 23.1. The van der Waals surface area contributed by atoms with Crippen LogP contribution in [0.3, 0.4) is 0 Å². The number of rotatable bonds is 3. The van der Waals surface area contributed by atoms with E-state index in [2.05, 4.69) is 15.5 Å². The maximum absolute atomic E-state index is 14.3. The molecule has 1 saturated heterocycles. The lowest BCUT2D eigenvalue weighted by atomic mass is 9.89. The first kappa shape index (κ1) is 26.9. The van der Waals surface area contributed by atoms with Crippen LogP contribution < -0.4 is 5.32 Å². The molecule has 8 nitrogen and oxygen atoms in total. The van der Waals surface area contributed by atoms with Gasteiger partial charge in [-0.25, -0.2) is 12.8 Å². The molecule has 1 fully saturated rings. The Hall–Kier alpha value is -2.64. The van der Waals surface area contributed by atoms with Crippen LogP contribution in [0.25, 0.3) is 0 Å². The van der Waals surface area contributed by atoms with Crippen LogP contribution in [0.1, 0.15) is 46.4 Å². The van der Waals surface area contributed by atoms with Gasteiger partial charge in [-0.05, 0) is 42.2 Å². The third-order valence-electron chi connectivity index (χ3n) is 6.91. The summed E-state index contributed by atoms with van der Waals surface area (Å²) in [6.45, 7) is 0.340. The Bertz CT molecular complexity index is 1420. The van der Waals surface area contributed by atoms with Crippen molar-refractivity contribution in [2.75, 3.05) is 11.5 Å². The topological polar surface area (TPSA) is 101 Å². The zero-order valence-electron chi connectivity index (χ0n) is 19.5. The molecular formula is C23H20Cl2F4N4O4S. The smallest absolute Gasteiger partial charge is 0.372 e. The van der Waals surface area contributed by atoms with Crippen LogP contribution in [-0.4, -0.2) is 53.8 Å². The van der Waals surface area contributed by atoms with Crippen LogP contribution in [0, 0.1) is 5.82 Å². The first-order valence-corrected chi connectivity index (χ1v) is 14.1. The number of aromatic nitrogens is 1. The van der Waals surface area contributed by atoms with Crippen LogP contribution in [0.5, 0.6) is 0 Å². The second-order valence-electron chi connectivity index (χ2n) is 9.45. The van der Waals surface area contributed by atoms with Gasteiger partial charge in [0.25, 0.3) is 11.5 Å². The number of nitrogens with one attached hydrogen (secondary N) is 1. The molecule has 3 aliphatic heterocycles. The fourth-order valence-electron chi connectivity index (χ4n) is 4.73. The van der Waals surface area contributed by atoms with Crippen LogP contribution in [-0.2, 0) is 33.4 Å². The Balaban J connectivity index is 1.30. The summed E-state index contributed by atoms with van der Waals surface area (Å²) in [6, 6.07) is 2.91. The molecular weight excluding hydrogens is 575 g/mol. The number of carbonyl (C=O) groups is 1. The van der Waals surface area contributed by atoms with E-state index in [9.17, 15) is 30.8 Å². The molecule has 1 N–H and O–H groups in total. The van der Waals surface area contributed by atoms with E-state index < -0.39 is 55.4 Å². The summed E-state index contributed by atoms with van der Waals surface area (Å²) in [5.41, 5.74) is -1.90. The second-order valence-corrected chi connectivity index (χ2v) is 12.6. The van der Waals surface area contributed by atoms with Gasteiger partial charge in [-0.2, -0.15) is 13.2 Å². The van der Waals surface area contributed by atoms with Crippen molar-refractivity contribution in [2.45, 2.75) is 50.2 Å². The van der Waals surface area contributed by atoms with Gasteiger partial charge in [0.2, 0.25) is 0 Å². The van der Waals surface area contributed by atoms with E-state index in [1.807, 2.05) is 0 Å². The number of pyridine rings is 1. The number of fused-ring (bicyclic) bond motifs is 1. The van der Waals surface area contributed by atoms with E-state index in [4.69, 9.17) is 28.0 Å². The van der Waals surface area contributed by atoms with Gasteiger partial charge in [0.15, 0.2) is 5.82 Å². The Morgan fingerprint density at radius 2 is 1.74 bits per heavy atom. The maximum Gasteiger partial charge on any atom is 0.435 e. The molecule has 1 atom stereocenters. The highest BCUT2D eigenvalue weighted by Gasteiger charge is 2.63. The predicted octanol–water partition coefficient (Wildman–Crippen LogP) is 4.34. The van der Waals surface area contributed by atoms with E-state index in [0.29, 0.717) is 24.0 Å². The Kier molecular flexibility index (Phi) is 6.75. The number of hydrogen-bond acceptors (Lipinski definition) is 7. The van der Waals surface area contributed by atoms with Crippen LogP contribution >= 0.6 is 23.2 Å². The van der Waals surface area contributed by atoms with Gasteiger partial charge < -0.3 is 15.1 Å². The molecule has 5 rings (SSSR count). The number of alkyl halides is 3. The lowest BCUT2D eigenvalue weighted by Crippen LogP contribution is -2.44. The first-order chi connectivity index (χ1) is 17.8. The highest BCUT2D eigenvalue weighted by molar-refractivity contribution is 7.91. The van der Waals surface area contributed by atoms with Gasteiger partial charge >= 0.3 is 6.18 Å². The zero-order valence-corrected chi connectivity index (χ0v) is 21.8. The van der Waals surface area contributed by atoms with E-state index in [-0.39, 0.29) is 42.2 Å². The molecule has 204 valence electrons. The second kappa shape index (κ2) is 9.53. The molecule has 1 aromatic heterocycles. The third kappa shape index (κ3) is 4.91. The molecule has 0 bridgehead atoms. The quantitative estimate of drug-likeness (QED) is 0.419. The highest BCUT2D eigenvalue weighted by atomic mass is 35.5. The first-order valence-electron chi connectivity index (χ1n) is 11.5. The molecule has 0 aliphatic carbocycles. The minimum atomic E-state index is -4.93. The summed E-state index contributed by atoms with van der Waals surface area (Å²) in [5.74, 6) is -1.48. The van der Waals surface area contributed by atoms with E-state index in [1.165, 1.54) is 6.20 Å². The van der Waals surface area contributed by atoms with Crippen molar-refractivity contribution in [3.63, 3.8) is 0 Å². The number of hydrogen-bond donors (Lipinski definition) is 1. The number of sulfone groups is 1. The molecule has 15 heteroatoms. The van der Waals surface area contributed by atoms with Crippen molar-refractivity contribution >= 4 is 44.8 Å². The lowest BCUT2D eigenvalue weighted by molar-refractivity contribution is -0.275. The predicted molar refractivity (Wildman–Crippen MR) is 130 cm³/mol. The molecule has 0 spiro atoms. The van der Waals surface area contributed by atoms with Crippen molar-refractivity contribution in [1.82, 2.24) is 15.2 Å². The number of amides is 1. The molecule has 1 aromatic carbocycles. The Morgan fingerprint density at radius 1 is 1.11 bits per heavy atom. The third-order valence-corrected chi connectivity index (χ3v) is 9.18. The van der Waals surface area contributed by atoms with Gasteiger partial charge in [0, 0.05) is 30.9 Å². The van der Waals surface area contributed by atoms with Gasteiger partial charge in [-0.1, -0.05) is 28.4 Å². The number of nitrogens with zero attached hydrogens (tertiary/aromatic N) is 3. The van der Waals surface area contributed by atoms with E-state index in [1.54, 1.807) is 11.0 Å². The van der Waals surface area contributed by atoms with Crippen LogP contribution in [0.15, 0.2) is 29.6 Å². The van der Waals surface area contributed by atoms with Crippen molar-refractivity contribution in [2.24, 2.45) is 5.16 Å². The molecule has 38 heavy (non-hydrogen) atoms. The Labute approximate surface area is 224 Å². The molecule has 1 unspecified atom stereocenters. The monoisotopic (exact) mass is 594 g/mol. The number of carbonyl (C=O) groups excluding carboxylic acids is 1. The largest absolute Gasteiger partial charge is 0.435 e. The zero-order chi connectivity index (χ0) is 27.5. The van der Waals surface area contributed by atoms with E-state index in [0.717, 1.165) is 12.1 Å². The summed E-state index contributed by atoms with van der Waals surface area (Å²) >= 11 is 11.5. The standard InChI is InChI=1S/C23H20Cl2F4N4O4S/c24-16-6-14(7-17(25)20(16)26)22(23(27,28)29)8-19(32-37-22)33-10-12-5-18(30-9-13(12)11-33)21(34)31-15-1-3-38(35,36)4-2-15/h5-7,9,15H,1-4,8,10-11H2,(H,31,34). The molecule has 3 aliphatic rings. The van der Waals surface area contributed by atoms with Crippen molar-refractivity contribution in [3.8, 4) is 0 Å². The van der Waals surface area contributed by atoms with Gasteiger partial charge in [-0.15, -0.1) is 0 Å². The average Bonchev–Trinajstić information content (AvgIpc) is 3.48. The minimum absolute atomic E-state index is 0.00418. The van der Waals surface area contributed by atoms with Crippen LogP contribution in [0.2, 0.25) is 10.0 Å². The molecule has 1 amide bonds. The molecule has 4 heterocycles. The molecule has 0 saturated carbocycles. The molecule has 2 aromatic rings. The van der Waals surface area contributed by atoms with Gasteiger partial charge in [0.05, 0.1) is 28.0 Å². The SMILES string of the molecule is O=C(NC1CCS(=O)(=O)CC1)c1cc2c(cn1)CN(C1=NOC(c3cc(Cl)c(F)c(Cl)c3)(C(F)(F)F)C1)C2. The number of benzene rings is 1. The molecule has 0 radical (unpaired) electrons. The van der Waals surface area contributed by atoms with Crippen molar-refractivity contribution in [1.29, 1.82) is 0 Å². The summed E-state index contributed by atoms with van der Waals surface area (Å²) in [6.07, 6.45) is -3.52. The number of oxime groups is 1. The average molecular weight is 595 g/mol. The highest BCUT2D eigenvalue weighted by Crippen LogP contribution is 2.50. The summed E-state index contributed by atoms with van der Waals surface area (Å²) < 4.78 is 79.9. The van der Waals surface area contributed by atoms with E-state index >= 15 is 0 Å². The minimum Gasteiger partial charge on any atom is -0.372 e. The Morgan fingerprint density at radius 3 is 2.37 bits per heavy atom. The number of amidine groups is 1. The van der Waals surface area contributed by atoms with Crippen molar-refractivity contribution in [3.05, 3.63) is 62.6 Å². The lowest BCUT2D eigenvalue weighted by Gasteiger charge is -2.30. The maximum atomic E-state index is 14.3. The summed E-state index contributed by atoms with van der Waals surface area (Å²) in [4.78, 5) is 23.4. The van der Waals surface area contributed by atoms with Crippen LogP contribution in [0.4, 0.5) is 17.6 Å².